The Morgan fingerprint density at radius 1 is 1.10 bits per heavy atom. The highest BCUT2D eigenvalue weighted by molar-refractivity contribution is 5.94. The molecule has 4 heterocycles. The molecule has 0 unspecified atom stereocenters. The van der Waals surface area contributed by atoms with Gasteiger partial charge < -0.3 is 14.4 Å². The third kappa shape index (κ3) is 3.37. The molecule has 0 radical (unpaired) electrons. The lowest BCUT2D eigenvalue weighted by Crippen LogP contribution is -2.48. The van der Waals surface area contributed by atoms with Crippen molar-refractivity contribution in [3.8, 4) is 11.5 Å². The Balaban J connectivity index is 1.28. The van der Waals surface area contributed by atoms with Gasteiger partial charge in [0, 0.05) is 38.9 Å². The van der Waals surface area contributed by atoms with Gasteiger partial charge in [0.1, 0.15) is 17.2 Å². The van der Waals surface area contributed by atoms with Gasteiger partial charge in [0.25, 0.3) is 5.91 Å². The molecule has 8 heteroatoms. The first kappa shape index (κ1) is 18.9. The number of piperazine rings is 1. The lowest BCUT2D eigenvalue weighted by molar-refractivity contribution is 0.0620. The number of halogens is 1. The highest BCUT2D eigenvalue weighted by Crippen LogP contribution is 2.33. The summed E-state index contributed by atoms with van der Waals surface area (Å²) in [6, 6.07) is 8.97. The predicted octanol–water partition coefficient (Wildman–Crippen LogP) is 2.72. The fraction of sp³-hybridized carbons (Fsp3) is 0.364. The second kappa shape index (κ2) is 7.60. The van der Waals surface area contributed by atoms with E-state index in [0.717, 1.165) is 36.7 Å². The first-order valence-electron chi connectivity index (χ1n) is 10.2. The summed E-state index contributed by atoms with van der Waals surface area (Å²) in [4.78, 5) is 21.9. The molecule has 0 spiro atoms. The number of pyridine rings is 1. The zero-order valence-corrected chi connectivity index (χ0v) is 16.8. The van der Waals surface area contributed by atoms with Gasteiger partial charge in [-0.25, -0.2) is 9.37 Å². The van der Waals surface area contributed by atoms with Crippen molar-refractivity contribution >= 4 is 11.6 Å². The molecule has 0 saturated carbocycles. The number of nitrogens with zero attached hydrogens (tertiary/aromatic N) is 4. The van der Waals surface area contributed by atoms with Crippen LogP contribution in [-0.4, -0.2) is 58.1 Å². The van der Waals surface area contributed by atoms with Crippen molar-refractivity contribution in [3.05, 3.63) is 59.3 Å². The van der Waals surface area contributed by atoms with Crippen molar-refractivity contribution in [2.75, 3.05) is 33.0 Å². The molecule has 156 valence electrons. The van der Waals surface area contributed by atoms with E-state index in [2.05, 4.69) is 9.88 Å². The average molecular weight is 410 g/mol. The number of amides is 1. The third-order valence-corrected chi connectivity index (χ3v) is 5.69. The van der Waals surface area contributed by atoms with Crippen molar-refractivity contribution < 1.29 is 18.7 Å². The van der Waals surface area contributed by atoms with Crippen molar-refractivity contribution in [1.29, 1.82) is 0 Å². The van der Waals surface area contributed by atoms with Gasteiger partial charge >= 0.3 is 0 Å². The molecular formula is C22H23FN4O3. The summed E-state index contributed by atoms with van der Waals surface area (Å²) in [5.74, 6) is 1.09. The van der Waals surface area contributed by atoms with Gasteiger partial charge in [0.2, 0.25) is 6.79 Å². The fourth-order valence-corrected chi connectivity index (χ4v) is 4.10. The summed E-state index contributed by atoms with van der Waals surface area (Å²) < 4.78 is 26.2. The molecule has 0 atom stereocenters. The molecule has 1 fully saturated rings. The highest BCUT2D eigenvalue weighted by atomic mass is 19.1. The molecule has 0 N–H and O–H groups in total. The van der Waals surface area contributed by atoms with Crippen molar-refractivity contribution in [2.45, 2.75) is 19.9 Å². The van der Waals surface area contributed by atoms with Gasteiger partial charge in [-0.1, -0.05) is 13.0 Å². The van der Waals surface area contributed by atoms with Crippen LogP contribution in [0.3, 0.4) is 0 Å². The largest absolute Gasteiger partial charge is 0.454 e. The number of carbonyl (C=O) groups is 1. The maximum Gasteiger partial charge on any atom is 0.272 e. The number of benzene rings is 1. The number of hydrogen-bond donors (Lipinski definition) is 0. The molecule has 0 aliphatic carbocycles. The summed E-state index contributed by atoms with van der Waals surface area (Å²) in [7, 11) is 0. The lowest BCUT2D eigenvalue weighted by atomic mass is 10.1. The third-order valence-electron chi connectivity index (χ3n) is 5.69. The predicted molar refractivity (Wildman–Crippen MR) is 108 cm³/mol. The molecule has 2 aromatic heterocycles. The van der Waals surface area contributed by atoms with Gasteiger partial charge in [-0.15, -0.1) is 0 Å². The molecule has 5 rings (SSSR count). The SMILES string of the molecule is CCc1nc2ccc(F)cn2c1C(=O)N1CCN(Cc2ccc3c(c2)OCO3)CC1. The van der Waals surface area contributed by atoms with Crippen molar-refractivity contribution in [1.82, 2.24) is 19.2 Å². The van der Waals surface area contributed by atoms with E-state index in [1.54, 1.807) is 10.5 Å². The van der Waals surface area contributed by atoms with E-state index in [-0.39, 0.29) is 18.5 Å². The van der Waals surface area contributed by atoms with E-state index in [9.17, 15) is 9.18 Å². The molecule has 1 amide bonds. The minimum Gasteiger partial charge on any atom is -0.454 e. The number of rotatable bonds is 4. The summed E-state index contributed by atoms with van der Waals surface area (Å²) in [6.45, 7) is 5.80. The van der Waals surface area contributed by atoms with Crippen LogP contribution in [0.25, 0.3) is 5.65 Å². The van der Waals surface area contributed by atoms with E-state index in [1.165, 1.54) is 12.3 Å². The number of aryl methyl sites for hydroxylation is 1. The normalized spacial score (nSPS) is 16.4. The highest BCUT2D eigenvalue weighted by Gasteiger charge is 2.27. The van der Waals surface area contributed by atoms with Crippen LogP contribution >= 0.6 is 0 Å². The first-order valence-corrected chi connectivity index (χ1v) is 10.2. The Kier molecular flexibility index (Phi) is 4.78. The molecule has 1 saturated heterocycles. The fourth-order valence-electron chi connectivity index (χ4n) is 4.10. The molecule has 3 aromatic rings. The van der Waals surface area contributed by atoms with Gasteiger partial charge in [-0.3, -0.25) is 14.1 Å². The van der Waals surface area contributed by atoms with Crippen LogP contribution in [0, 0.1) is 5.82 Å². The number of imidazole rings is 1. The molecule has 2 aliphatic rings. The first-order chi connectivity index (χ1) is 14.6. The minimum atomic E-state index is -0.384. The standard InChI is InChI=1S/C22H23FN4O3/c1-2-17-21(27-13-16(23)4-6-20(27)24-17)22(28)26-9-7-25(8-10-26)12-15-3-5-18-19(11-15)30-14-29-18/h3-6,11,13H,2,7-10,12,14H2,1H3. The Bertz CT molecular complexity index is 1110. The van der Waals surface area contributed by atoms with E-state index >= 15 is 0 Å². The quantitative estimate of drug-likeness (QED) is 0.662. The summed E-state index contributed by atoms with van der Waals surface area (Å²) in [5, 5.41) is 0. The van der Waals surface area contributed by atoms with Gasteiger partial charge in [-0.2, -0.15) is 0 Å². The van der Waals surface area contributed by atoms with Crippen LogP contribution in [0.2, 0.25) is 0 Å². The van der Waals surface area contributed by atoms with E-state index in [1.807, 2.05) is 30.0 Å². The Morgan fingerprint density at radius 2 is 1.90 bits per heavy atom. The number of ether oxygens (including phenoxy) is 2. The molecule has 1 aromatic carbocycles. The van der Waals surface area contributed by atoms with Crippen LogP contribution in [0.5, 0.6) is 11.5 Å². The van der Waals surface area contributed by atoms with Crippen LogP contribution in [-0.2, 0) is 13.0 Å². The Morgan fingerprint density at radius 3 is 2.70 bits per heavy atom. The average Bonchev–Trinajstić information content (AvgIpc) is 3.37. The van der Waals surface area contributed by atoms with Gasteiger partial charge in [-0.05, 0) is 36.2 Å². The van der Waals surface area contributed by atoms with Crippen LogP contribution in [0.1, 0.15) is 28.7 Å². The second-order valence-electron chi connectivity index (χ2n) is 7.59. The number of carbonyl (C=O) groups excluding carboxylic acids is 1. The molecular weight excluding hydrogens is 387 g/mol. The summed E-state index contributed by atoms with van der Waals surface area (Å²) in [5.41, 5.74) is 2.92. The zero-order valence-electron chi connectivity index (χ0n) is 16.8. The smallest absolute Gasteiger partial charge is 0.272 e. The molecule has 0 bridgehead atoms. The maximum absolute atomic E-state index is 13.8. The number of hydrogen-bond acceptors (Lipinski definition) is 5. The van der Waals surface area contributed by atoms with Crippen molar-refractivity contribution in [3.63, 3.8) is 0 Å². The lowest BCUT2D eigenvalue weighted by Gasteiger charge is -2.34. The molecule has 2 aliphatic heterocycles. The van der Waals surface area contributed by atoms with Crippen molar-refractivity contribution in [2.24, 2.45) is 0 Å². The van der Waals surface area contributed by atoms with Crippen LogP contribution < -0.4 is 9.47 Å². The molecule has 7 nitrogen and oxygen atoms in total. The number of aromatic nitrogens is 2. The van der Waals surface area contributed by atoms with Crippen LogP contribution in [0.15, 0.2) is 36.5 Å². The van der Waals surface area contributed by atoms with E-state index in [4.69, 9.17) is 9.47 Å². The van der Waals surface area contributed by atoms with E-state index in [0.29, 0.717) is 36.5 Å². The maximum atomic E-state index is 13.8. The molecule has 30 heavy (non-hydrogen) atoms. The van der Waals surface area contributed by atoms with Gasteiger partial charge in [0.05, 0.1) is 5.69 Å². The van der Waals surface area contributed by atoms with Gasteiger partial charge in [0.15, 0.2) is 11.5 Å². The zero-order chi connectivity index (χ0) is 20.7. The Labute approximate surface area is 173 Å². The minimum absolute atomic E-state index is 0.0901. The second-order valence-corrected chi connectivity index (χ2v) is 7.59. The monoisotopic (exact) mass is 410 g/mol. The Hall–Kier alpha value is -3.13. The van der Waals surface area contributed by atoms with E-state index < -0.39 is 0 Å². The summed E-state index contributed by atoms with van der Waals surface area (Å²) in [6.07, 6.45) is 1.96. The van der Waals surface area contributed by atoms with Crippen LogP contribution in [0.4, 0.5) is 4.39 Å². The topological polar surface area (TPSA) is 59.3 Å². The summed E-state index contributed by atoms with van der Waals surface area (Å²) >= 11 is 0. The number of fused-ring (bicyclic) bond motifs is 2.